The van der Waals surface area contributed by atoms with Gasteiger partial charge in [-0.1, -0.05) is 41.9 Å². The minimum absolute atomic E-state index is 0.00612. The molecule has 0 bridgehead atoms. The van der Waals surface area contributed by atoms with Gasteiger partial charge in [0.05, 0.1) is 4.90 Å². The molecule has 4 nitrogen and oxygen atoms in total. The van der Waals surface area contributed by atoms with Crippen LogP contribution in [-0.2, 0) is 10.0 Å². The van der Waals surface area contributed by atoms with Gasteiger partial charge in [0.25, 0.3) is 0 Å². The first-order valence-electron chi connectivity index (χ1n) is 7.83. The average Bonchev–Trinajstić information content (AvgIpc) is 2.62. The van der Waals surface area contributed by atoms with Crippen LogP contribution in [0.15, 0.2) is 59.5 Å². The summed E-state index contributed by atoms with van der Waals surface area (Å²) >= 11 is 5.83. The van der Waals surface area contributed by atoms with E-state index in [1.54, 1.807) is 24.3 Å². The Kier molecular flexibility index (Phi) is 5.04. The number of carbonyl (C=O) groups excluding carboxylic acids is 1. The van der Waals surface area contributed by atoms with Crippen LogP contribution in [0.3, 0.4) is 0 Å². The Morgan fingerprint density at radius 2 is 1.71 bits per heavy atom. The molecule has 2 aromatic carbocycles. The van der Waals surface area contributed by atoms with E-state index in [0.29, 0.717) is 30.0 Å². The second kappa shape index (κ2) is 7.05. The van der Waals surface area contributed by atoms with Gasteiger partial charge in [0.1, 0.15) is 0 Å². The van der Waals surface area contributed by atoms with Crippen molar-refractivity contribution >= 4 is 27.4 Å². The van der Waals surface area contributed by atoms with E-state index in [9.17, 15) is 13.2 Å². The first-order chi connectivity index (χ1) is 11.5. The van der Waals surface area contributed by atoms with Crippen LogP contribution in [0.25, 0.3) is 0 Å². The van der Waals surface area contributed by atoms with Crippen molar-refractivity contribution < 1.29 is 13.2 Å². The number of carbonyl (C=O) groups is 1. The summed E-state index contributed by atoms with van der Waals surface area (Å²) in [4.78, 5) is 12.8. The maximum atomic E-state index is 12.8. The molecule has 0 spiro atoms. The van der Waals surface area contributed by atoms with E-state index >= 15 is 0 Å². The van der Waals surface area contributed by atoms with Crippen molar-refractivity contribution in [2.24, 2.45) is 5.92 Å². The largest absolute Gasteiger partial charge is 0.294 e. The zero-order chi connectivity index (χ0) is 17.2. The highest BCUT2D eigenvalue weighted by molar-refractivity contribution is 7.89. The van der Waals surface area contributed by atoms with Gasteiger partial charge in [-0.3, -0.25) is 4.79 Å². The highest BCUT2D eigenvalue weighted by atomic mass is 35.5. The summed E-state index contributed by atoms with van der Waals surface area (Å²) in [5, 5.41) is 0.490. The van der Waals surface area contributed by atoms with Crippen molar-refractivity contribution in [3.8, 4) is 0 Å². The number of benzene rings is 2. The van der Waals surface area contributed by atoms with Crippen LogP contribution in [0.5, 0.6) is 0 Å². The molecule has 126 valence electrons. The number of halogens is 1. The maximum absolute atomic E-state index is 12.8. The number of Topliss-reactive ketones (excluding diaryl/α,β-unsaturated/α-hetero) is 1. The summed E-state index contributed by atoms with van der Waals surface area (Å²) in [6.07, 6.45) is 1.39. The van der Waals surface area contributed by atoms with Gasteiger partial charge < -0.3 is 0 Å². The van der Waals surface area contributed by atoms with Crippen molar-refractivity contribution in [2.75, 3.05) is 13.1 Å². The van der Waals surface area contributed by atoms with Crippen molar-refractivity contribution in [2.45, 2.75) is 17.7 Å². The molecule has 1 fully saturated rings. The number of sulfonamides is 1. The van der Waals surface area contributed by atoms with Crippen LogP contribution < -0.4 is 0 Å². The summed E-state index contributed by atoms with van der Waals surface area (Å²) in [6.45, 7) is 0.655. The Morgan fingerprint density at radius 3 is 2.38 bits per heavy atom. The standard InChI is InChI=1S/C18H18ClNO3S/c19-16-8-10-17(11-9-16)24(22,23)20-12-4-7-15(13-20)18(21)14-5-2-1-3-6-14/h1-3,5-6,8-11,15H,4,7,12-13H2. The molecule has 1 saturated heterocycles. The van der Waals surface area contributed by atoms with Gasteiger partial charge in [0, 0.05) is 29.6 Å². The molecular weight excluding hydrogens is 346 g/mol. The molecule has 3 rings (SSSR count). The number of piperidine rings is 1. The topological polar surface area (TPSA) is 54.5 Å². The van der Waals surface area contributed by atoms with E-state index in [0.717, 1.165) is 0 Å². The summed E-state index contributed by atoms with van der Waals surface area (Å²) in [5.74, 6) is -0.296. The molecule has 1 aliphatic heterocycles. The monoisotopic (exact) mass is 363 g/mol. The number of nitrogens with zero attached hydrogens (tertiary/aromatic N) is 1. The molecule has 1 heterocycles. The van der Waals surface area contributed by atoms with Gasteiger partial charge in [0.2, 0.25) is 10.0 Å². The third-order valence-corrected chi connectivity index (χ3v) is 6.40. The van der Waals surface area contributed by atoms with Gasteiger partial charge in [-0.15, -0.1) is 0 Å². The molecule has 24 heavy (non-hydrogen) atoms. The number of ketones is 1. The lowest BCUT2D eigenvalue weighted by Crippen LogP contribution is -2.42. The van der Waals surface area contributed by atoms with Crippen molar-refractivity contribution in [3.05, 3.63) is 65.2 Å². The highest BCUT2D eigenvalue weighted by Gasteiger charge is 2.33. The second-order valence-corrected chi connectivity index (χ2v) is 8.26. The second-order valence-electron chi connectivity index (χ2n) is 5.89. The first kappa shape index (κ1) is 17.1. The Hall–Kier alpha value is -1.69. The molecule has 1 aliphatic rings. The maximum Gasteiger partial charge on any atom is 0.243 e. The molecule has 1 atom stereocenters. The highest BCUT2D eigenvalue weighted by Crippen LogP contribution is 2.26. The van der Waals surface area contributed by atoms with Crippen LogP contribution in [0, 0.1) is 5.92 Å². The lowest BCUT2D eigenvalue weighted by atomic mass is 9.91. The van der Waals surface area contributed by atoms with E-state index in [-0.39, 0.29) is 23.1 Å². The Morgan fingerprint density at radius 1 is 1.04 bits per heavy atom. The zero-order valence-electron chi connectivity index (χ0n) is 13.1. The van der Waals surface area contributed by atoms with E-state index in [4.69, 9.17) is 11.6 Å². The molecule has 0 radical (unpaired) electrons. The minimum Gasteiger partial charge on any atom is -0.294 e. The molecule has 1 unspecified atom stereocenters. The third-order valence-electron chi connectivity index (χ3n) is 4.26. The fourth-order valence-corrected chi connectivity index (χ4v) is 4.62. The molecule has 6 heteroatoms. The van der Waals surface area contributed by atoms with E-state index in [1.807, 2.05) is 18.2 Å². The van der Waals surface area contributed by atoms with Crippen LogP contribution in [0.2, 0.25) is 5.02 Å². The van der Waals surface area contributed by atoms with Crippen molar-refractivity contribution in [3.63, 3.8) is 0 Å². The molecule has 2 aromatic rings. The Labute approximate surface area is 147 Å². The molecular formula is C18H18ClNO3S. The van der Waals surface area contributed by atoms with Gasteiger partial charge in [-0.2, -0.15) is 4.31 Å². The quantitative estimate of drug-likeness (QED) is 0.779. The van der Waals surface area contributed by atoms with Crippen LogP contribution in [-0.4, -0.2) is 31.6 Å². The predicted molar refractivity (Wildman–Crippen MR) is 93.7 cm³/mol. The van der Waals surface area contributed by atoms with E-state index in [1.165, 1.54) is 16.4 Å². The first-order valence-corrected chi connectivity index (χ1v) is 9.65. The number of rotatable bonds is 4. The number of hydrogen-bond acceptors (Lipinski definition) is 3. The molecule has 0 saturated carbocycles. The summed E-state index contributed by atoms with van der Waals surface area (Å²) < 4.78 is 27.0. The molecule has 0 aliphatic carbocycles. The lowest BCUT2D eigenvalue weighted by Gasteiger charge is -2.31. The third kappa shape index (κ3) is 3.53. The van der Waals surface area contributed by atoms with Gasteiger partial charge >= 0.3 is 0 Å². The fraction of sp³-hybridized carbons (Fsp3) is 0.278. The van der Waals surface area contributed by atoms with Crippen LogP contribution >= 0.6 is 11.6 Å². The van der Waals surface area contributed by atoms with Gasteiger partial charge in [-0.05, 0) is 37.1 Å². The predicted octanol–water partition coefficient (Wildman–Crippen LogP) is 3.62. The lowest BCUT2D eigenvalue weighted by molar-refractivity contribution is 0.0872. The number of hydrogen-bond donors (Lipinski definition) is 0. The van der Waals surface area contributed by atoms with E-state index < -0.39 is 10.0 Å². The zero-order valence-corrected chi connectivity index (χ0v) is 14.6. The summed E-state index contributed by atoms with van der Waals surface area (Å²) in [7, 11) is -3.60. The SMILES string of the molecule is O=C(c1ccccc1)C1CCCN(S(=O)(=O)c2ccc(Cl)cc2)C1. The summed E-state index contributed by atoms with van der Waals surface area (Å²) in [5.41, 5.74) is 0.633. The average molecular weight is 364 g/mol. The summed E-state index contributed by atoms with van der Waals surface area (Å²) in [6, 6.07) is 15.2. The van der Waals surface area contributed by atoms with Crippen molar-refractivity contribution in [1.29, 1.82) is 0 Å². The van der Waals surface area contributed by atoms with Gasteiger partial charge in [-0.25, -0.2) is 8.42 Å². The molecule has 0 aromatic heterocycles. The van der Waals surface area contributed by atoms with Gasteiger partial charge in [0.15, 0.2) is 5.78 Å². The molecule has 0 amide bonds. The normalized spacial score (nSPS) is 19.1. The minimum atomic E-state index is -3.60. The fourth-order valence-electron chi connectivity index (χ4n) is 2.97. The van der Waals surface area contributed by atoms with E-state index in [2.05, 4.69) is 0 Å². The van der Waals surface area contributed by atoms with Crippen LogP contribution in [0.4, 0.5) is 0 Å². The molecule has 0 N–H and O–H groups in total. The Balaban J connectivity index is 1.80. The Bertz CT molecular complexity index is 819. The van der Waals surface area contributed by atoms with Crippen LogP contribution in [0.1, 0.15) is 23.2 Å². The smallest absolute Gasteiger partial charge is 0.243 e. The van der Waals surface area contributed by atoms with Crippen molar-refractivity contribution in [1.82, 2.24) is 4.31 Å².